The van der Waals surface area contributed by atoms with Crippen molar-refractivity contribution in [1.29, 1.82) is 0 Å². The third-order valence-corrected chi connectivity index (χ3v) is 4.91. The van der Waals surface area contributed by atoms with Crippen LogP contribution in [0.3, 0.4) is 0 Å². The summed E-state index contributed by atoms with van der Waals surface area (Å²) >= 11 is 0. The molecule has 1 N–H and O–H groups in total. The number of alkyl halides is 3. The number of hydrogen-bond acceptors (Lipinski definition) is 5. The predicted octanol–water partition coefficient (Wildman–Crippen LogP) is 4.07. The van der Waals surface area contributed by atoms with Crippen LogP contribution in [0.5, 0.6) is 11.5 Å². The van der Waals surface area contributed by atoms with Crippen molar-refractivity contribution in [3.63, 3.8) is 0 Å². The van der Waals surface area contributed by atoms with E-state index in [0.29, 0.717) is 21.6 Å². The maximum atomic E-state index is 13.8. The number of rotatable bonds is 4. The van der Waals surface area contributed by atoms with E-state index in [0.717, 1.165) is 11.6 Å². The smallest absolute Gasteiger partial charge is 0.433 e. The normalized spacial score (nSPS) is 12.8. The second-order valence-corrected chi connectivity index (χ2v) is 7.06. The molecule has 0 saturated heterocycles. The van der Waals surface area contributed by atoms with Crippen molar-refractivity contribution in [3.05, 3.63) is 77.6 Å². The summed E-state index contributed by atoms with van der Waals surface area (Å²) in [7, 11) is 0. The van der Waals surface area contributed by atoms with Gasteiger partial charge in [0.1, 0.15) is 0 Å². The molecule has 10 heteroatoms. The molecule has 4 aromatic rings. The van der Waals surface area contributed by atoms with Crippen molar-refractivity contribution in [2.45, 2.75) is 12.7 Å². The fraction of sp³-hybridized carbons (Fsp3) is 0.136. The maximum Gasteiger partial charge on any atom is 0.433 e. The second kappa shape index (κ2) is 7.56. The van der Waals surface area contributed by atoms with Gasteiger partial charge in [-0.15, -0.1) is 0 Å². The molecule has 1 amide bonds. The first-order valence-corrected chi connectivity index (χ1v) is 9.59. The SMILES string of the molecule is O=C(NCc1ccccc1)c1cc2nc(-c3ccc4c(c3)OCO4)cc(C(F)(F)F)n2n1. The van der Waals surface area contributed by atoms with Gasteiger partial charge in [-0.1, -0.05) is 30.3 Å². The van der Waals surface area contributed by atoms with Gasteiger partial charge in [-0.25, -0.2) is 9.50 Å². The van der Waals surface area contributed by atoms with Gasteiger partial charge in [0.2, 0.25) is 6.79 Å². The molecule has 3 heterocycles. The lowest BCUT2D eigenvalue weighted by molar-refractivity contribution is -0.142. The molecule has 32 heavy (non-hydrogen) atoms. The zero-order chi connectivity index (χ0) is 22.3. The Morgan fingerprint density at radius 3 is 2.59 bits per heavy atom. The number of amides is 1. The number of nitrogens with zero attached hydrogens (tertiary/aromatic N) is 3. The molecule has 2 aromatic heterocycles. The molecule has 1 aliphatic rings. The van der Waals surface area contributed by atoms with Crippen molar-refractivity contribution in [1.82, 2.24) is 19.9 Å². The summed E-state index contributed by atoms with van der Waals surface area (Å²) in [6, 6.07) is 16.0. The summed E-state index contributed by atoms with van der Waals surface area (Å²) < 4.78 is 52.5. The number of hydrogen-bond donors (Lipinski definition) is 1. The number of carbonyl (C=O) groups is 1. The highest BCUT2D eigenvalue weighted by atomic mass is 19.4. The van der Waals surface area contributed by atoms with Gasteiger partial charge in [0.05, 0.1) is 5.69 Å². The Labute approximate surface area is 179 Å². The van der Waals surface area contributed by atoms with E-state index < -0.39 is 17.8 Å². The van der Waals surface area contributed by atoms with Crippen LogP contribution in [0.2, 0.25) is 0 Å². The highest BCUT2D eigenvalue weighted by molar-refractivity contribution is 5.93. The number of halogens is 3. The minimum atomic E-state index is -4.71. The minimum Gasteiger partial charge on any atom is -0.454 e. The molecular weight excluding hydrogens is 425 g/mol. The Balaban J connectivity index is 1.52. The largest absolute Gasteiger partial charge is 0.454 e. The van der Waals surface area contributed by atoms with Crippen molar-refractivity contribution >= 4 is 11.6 Å². The Bertz CT molecular complexity index is 1320. The minimum absolute atomic E-state index is 0.0448. The molecule has 7 nitrogen and oxygen atoms in total. The summed E-state index contributed by atoms with van der Waals surface area (Å²) in [5.74, 6) is 0.330. The summed E-state index contributed by atoms with van der Waals surface area (Å²) in [4.78, 5) is 16.8. The quantitative estimate of drug-likeness (QED) is 0.518. The molecule has 0 aliphatic carbocycles. The summed E-state index contributed by atoms with van der Waals surface area (Å²) in [5.41, 5.74) is 0.0259. The van der Waals surface area contributed by atoms with E-state index in [1.165, 1.54) is 6.07 Å². The van der Waals surface area contributed by atoms with Gasteiger partial charge < -0.3 is 14.8 Å². The Morgan fingerprint density at radius 2 is 1.81 bits per heavy atom. The highest BCUT2D eigenvalue weighted by Gasteiger charge is 2.35. The fourth-order valence-electron chi connectivity index (χ4n) is 3.36. The Kier molecular flexibility index (Phi) is 4.69. The van der Waals surface area contributed by atoms with Crippen molar-refractivity contribution in [2.24, 2.45) is 0 Å². The molecule has 1 aliphatic heterocycles. The molecule has 5 rings (SSSR count). The fourth-order valence-corrected chi connectivity index (χ4v) is 3.36. The van der Waals surface area contributed by atoms with Gasteiger partial charge in [-0.2, -0.15) is 18.3 Å². The molecule has 0 bridgehead atoms. The average molecular weight is 440 g/mol. The molecule has 0 spiro atoms. The van der Waals surface area contributed by atoms with Crippen LogP contribution in [0.4, 0.5) is 13.2 Å². The maximum absolute atomic E-state index is 13.8. The van der Waals surface area contributed by atoms with Gasteiger partial charge in [-0.05, 0) is 29.8 Å². The van der Waals surface area contributed by atoms with E-state index in [2.05, 4.69) is 15.4 Å². The van der Waals surface area contributed by atoms with Crippen LogP contribution in [0.1, 0.15) is 21.7 Å². The van der Waals surface area contributed by atoms with Crippen molar-refractivity contribution in [2.75, 3.05) is 6.79 Å². The number of fused-ring (bicyclic) bond motifs is 2. The number of nitrogens with one attached hydrogen (secondary N) is 1. The standard InChI is InChI=1S/C22H15F3N4O3/c23-22(24,25)19-9-15(14-6-7-17-18(8-14)32-12-31-17)27-20-10-16(28-29(19)20)21(30)26-11-13-4-2-1-3-5-13/h1-10H,11-12H2,(H,26,30). The lowest BCUT2D eigenvalue weighted by Crippen LogP contribution is -2.23. The molecule has 0 fully saturated rings. The average Bonchev–Trinajstić information content (AvgIpc) is 3.43. The second-order valence-electron chi connectivity index (χ2n) is 7.06. The molecule has 0 atom stereocenters. The summed E-state index contributed by atoms with van der Waals surface area (Å²) in [6.07, 6.45) is -4.71. The van der Waals surface area contributed by atoms with Crippen LogP contribution in [-0.4, -0.2) is 27.3 Å². The molecule has 0 radical (unpaired) electrons. The number of ether oxygens (including phenoxy) is 2. The van der Waals surface area contributed by atoms with E-state index in [4.69, 9.17) is 9.47 Å². The van der Waals surface area contributed by atoms with Gasteiger partial charge in [-0.3, -0.25) is 4.79 Å². The topological polar surface area (TPSA) is 77.8 Å². The van der Waals surface area contributed by atoms with Crippen molar-refractivity contribution in [3.8, 4) is 22.8 Å². The summed E-state index contributed by atoms with van der Waals surface area (Å²) in [6.45, 7) is 0.263. The van der Waals surface area contributed by atoms with Crippen LogP contribution >= 0.6 is 0 Å². The number of benzene rings is 2. The van der Waals surface area contributed by atoms with E-state index in [1.54, 1.807) is 18.2 Å². The van der Waals surface area contributed by atoms with E-state index in [1.807, 2.05) is 30.3 Å². The van der Waals surface area contributed by atoms with Crippen LogP contribution in [0, 0.1) is 0 Å². The number of carbonyl (C=O) groups excluding carboxylic acids is 1. The Morgan fingerprint density at radius 1 is 1.03 bits per heavy atom. The molecule has 0 saturated carbocycles. The first kappa shape index (κ1) is 19.9. The van der Waals surface area contributed by atoms with E-state index in [-0.39, 0.29) is 30.4 Å². The van der Waals surface area contributed by atoms with E-state index >= 15 is 0 Å². The van der Waals surface area contributed by atoms with Crippen LogP contribution < -0.4 is 14.8 Å². The van der Waals surface area contributed by atoms with Crippen LogP contribution in [0.15, 0.2) is 60.7 Å². The van der Waals surface area contributed by atoms with Gasteiger partial charge in [0.15, 0.2) is 28.5 Å². The number of aromatic nitrogens is 3. The lowest BCUT2D eigenvalue weighted by Gasteiger charge is -2.11. The zero-order valence-corrected chi connectivity index (χ0v) is 16.4. The van der Waals surface area contributed by atoms with Crippen LogP contribution in [0.25, 0.3) is 16.9 Å². The zero-order valence-electron chi connectivity index (χ0n) is 16.4. The highest BCUT2D eigenvalue weighted by Crippen LogP contribution is 2.37. The molecule has 2 aromatic carbocycles. The van der Waals surface area contributed by atoms with Gasteiger partial charge in [0, 0.05) is 18.2 Å². The molecule has 162 valence electrons. The molecular formula is C22H15F3N4O3. The predicted molar refractivity (Wildman–Crippen MR) is 107 cm³/mol. The first-order chi connectivity index (χ1) is 15.4. The first-order valence-electron chi connectivity index (χ1n) is 9.59. The Hall–Kier alpha value is -4.08. The van der Waals surface area contributed by atoms with Gasteiger partial charge >= 0.3 is 6.18 Å². The molecule has 0 unspecified atom stereocenters. The van der Waals surface area contributed by atoms with Crippen molar-refractivity contribution < 1.29 is 27.4 Å². The third-order valence-electron chi connectivity index (χ3n) is 4.91. The van der Waals surface area contributed by atoms with Crippen LogP contribution in [-0.2, 0) is 12.7 Å². The monoisotopic (exact) mass is 440 g/mol. The van der Waals surface area contributed by atoms with E-state index in [9.17, 15) is 18.0 Å². The van der Waals surface area contributed by atoms with Gasteiger partial charge in [0.25, 0.3) is 5.91 Å². The summed E-state index contributed by atoms with van der Waals surface area (Å²) in [5, 5.41) is 6.52. The lowest BCUT2D eigenvalue weighted by atomic mass is 10.1. The third kappa shape index (κ3) is 3.70.